The van der Waals surface area contributed by atoms with E-state index in [9.17, 15) is 53.3 Å². The van der Waals surface area contributed by atoms with Gasteiger partial charge in [-0.15, -0.1) is 5.06 Å². The molecule has 3 heterocycles. The molecule has 2 aromatic carbocycles. The molecule has 1 unspecified atom stereocenters. The lowest BCUT2D eigenvalue weighted by Gasteiger charge is -2.31. The number of aromatic nitrogens is 1. The normalized spacial score (nSPS) is 18.2. The highest BCUT2D eigenvalue weighted by molar-refractivity contribution is 7.86. The molecule has 2 aliphatic heterocycles. The van der Waals surface area contributed by atoms with Gasteiger partial charge in [0, 0.05) is 72.7 Å². The lowest BCUT2D eigenvalue weighted by molar-refractivity contribution is -0.668. The second-order valence-electron chi connectivity index (χ2n) is 14.3. The van der Waals surface area contributed by atoms with Crippen LogP contribution in [0.3, 0.4) is 0 Å². The molecule has 20 heteroatoms. The lowest BCUT2D eigenvalue weighted by Crippen LogP contribution is -2.36. The van der Waals surface area contributed by atoms with Crippen molar-refractivity contribution >= 4 is 81.5 Å². The van der Waals surface area contributed by atoms with Crippen molar-refractivity contribution in [3.8, 4) is 0 Å². The number of rotatable bonds is 19. The smallest absolute Gasteiger partial charge is 0.333 e. The molecule has 0 bridgehead atoms. The van der Waals surface area contributed by atoms with Crippen molar-refractivity contribution in [2.24, 2.45) is 0 Å². The van der Waals surface area contributed by atoms with Gasteiger partial charge in [-0.3, -0.25) is 9.59 Å². The Hall–Kier alpha value is -4.31. The van der Waals surface area contributed by atoms with E-state index in [0.717, 1.165) is 20.8 Å². The maximum atomic E-state index is 12.4. The first-order chi connectivity index (χ1) is 27.2. The second kappa shape index (κ2) is 19.4. The van der Waals surface area contributed by atoms with Gasteiger partial charge in [-0.2, -0.15) is 4.57 Å². The highest BCUT2D eigenvalue weighted by atomic mass is 32.2. The maximum absolute atomic E-state index is 12.4. The van der Waals surface area contributed by atoms with Gasteiger partial charge < -0.3 is 23.4 Å². The molecule has 0 spiro atoms. The molecule has 0 N–H and O–H groups in total. The number of carbonyl (C=O) groups excluding carboxylic acids is 3. The van der Waals surface area contributed by atoms with Crippen molar-refractivity contribution in [1.29, 1.82) is 0 Å². The summed E-state index contributed by atoms with van der Waals surface area (Å²) >= 11 is 1.49. The van der Waals surface area contributed by atoms with Crippen LogP contribution >= 0.6 is 11.3 Å². The summed E-state index contributed by atoms with van der Waals surface area (Å²) in [6.45, 7) is 4.18. The number of anilines is 1. The van der Waals surface area contributed by atoms with Crippen LogP contribution in [0.4, 0.5) is 5.69 Å². The van der Waals surface area contributed by atoms with Crippen LogP contribution < -0.4 is 9.47 Å². The molecule has 1 fully saturated rings. The number of imide groups is 1. The van der Waals surface area contributed by atoms with Crippen LogP contribution in [0.25, 0.3) is 16.3 Å². The van der Waals surface area contributed by atoms with E-state index in [1.165, 1.54) is 29.5 Å². The lowest BCUT2D eigenvalue weighted by atomic mass is 9.77. The van der Waals surface area contributed by atoms with Gasteiger partial charge in [0.2, 0.25) is 5.52 Å². The first kappa shape index (κ1) is 47.4. The van der Waals surface area contributed by atoms with Gasteiger partial charge in [-0.1, -0.05) is 55.9 Å². The number of carbonyl (C=O) groups is 3. The number of hydroxylamine groups is 2. The summed E-state index contributed by atoms with van der Waals surface area (Å²) in [6, 6.07) is 9.85. The number of fused-ring (bicyclic) bond motifs is 2. The molecule has 1 aromatic heterocycles. The first-order valence-corrected chi connectivity index (χ1v) is 23.8. The second-order valence-corrected chi connectivity index (χ2v) is 19.8. The van der Waals surface area contributed by atoms with Crippen molar-refractivity contribution in [3.05, 3.63) is 82.5 Å². The largest absolute Gasteiger partial charge is 0.748 e. The van der Waals surface area contributed by atoms with Crippen LogP contribution in [0, 0.1) is 6.92 Å². The zero-order chi connectivity index (χ0) is 42.5. The van der Waals surface area contributed by atoms with E-state index in [0.29, 0.717) is 54.2 Å². The highest BCUT2D eigenvalue weighted by Crippen LogP contribution is 2.51. The van der Waals surface area contributed by atoms with Crippen molar-refractivity contribution < 1.29 is 62.7 Å². The van der Waals surface area contributed by atoms with Crippen molar-refractivity contribution in [1.82, 2.24) is 5.06 Å². The van der Waals surface area contributed by atoms with Gasteiger partial charge in [-0.25, -0.2) is 30.0 Å². The van der Waals surface area contributed by atoms with Crippen molar-refractivity contribution in [2.75, 3.05) is 23.0 Å². The van der Waals surface area contributed by atoms with Gasteiger partial charge in [0.25, 0.3) is 16.8 Å². The first-order valence-electron chi connectivity index (χ1n) is 18.5. The quantitative estimate of drug-likeness (QED) is 0.0521. The molecule has 59 heavy (non-hydrogen) atoms. The Balaban J connectivity index is 0.00000769. The molecule has 322 valence electrons. The Bertz CT molecular complexity index is 2490. The molecule has 1 saturated heterocycles. The fourth-order valence-electron chi connectivity index (χ4n) is 7.14. The number of benzene rings is 2. The standard InChI is InChI=1S/C38H45N3O13S4.CH4/c1-27-14-16-31-32(25-27)55-36(40(31)22-10-24-57(48,49)50)12-6-3-5-11-33-38(2,20-8-4-7-13-37(44)54-41-34(42)18-19-35(41)43)29-26-28(58(51,52)53)15-17-30(29)39(33)21-9-23-56(45,46)47;/h3,5-6,11-12,14-17,25-26H,4,7-10,13,18-24H2,1-2H3,(H2-,45,46,47,48,49,50,51,52,53);1H4/p-2. The number of hydrogen-bond donors (Lipinski definition) is 0. The number of nitrogens with zero attached hydrogens (tertiary/aromatic N) is 3. The Morgan fingerprint density at radius 2 is 1.56 bits per heavy atom. The van der Waals surface area contributed by atoms with E-state index >= 15 is 0 Å². The summed E-state index contributed by atoms with van der Waals surface area (Å²) in [5, 5.41) is 1.29. The third-order valence-electron chi connectivity index (χ3n) is 9.91. The van der Waals surface area contributed by atoms with Crippen LogP contribution in [-0.4, -0.2) is 79.8 Å². The van der Waals surface area contributed by atoms with E-state index in [2.05, 4.69) is 0 Å². The Morgan fingerprint density at radius 3 is 2.22 bits per heavy atom. The number of allylic oxidation sites excluding steroid dienone is 5. The minimum Gasteiger partial charge on any atom is -0.748 e. The van der Waals surface area contributed by atoms with Gasteiger partial charge in [0.1, 0.15) is 14.8 Å². The van der Waals surface area contributed by atoms with Crippen LogP contribution in [0.1, 0.15) is 88.3 Å². The molecule has 5 rings (SSSR count). The van der Waals surface area contributed by atoms with Crippen molar-refractivity contribution in [3.63, 3.8) is 0 Å². The zero-order valence-electron chi connectivity index (χ0n) is 31.8. The number of hydrogen-bond acceptors (Lipinski definition) is 15. The van der Waals surface area contributed by atoms with E-state index in [1.54, 1.807) is 29.2 Å². The summed E-state index contributed by atoms with van der Waals surface area (Å²) < 4.78 is 108. The van der Waals surface area contributed by atoms with Crippen LogP contribution in [0.15, 0.2) is 71.3 Å². The minimum atomic E-state index is -4.86. The average molecular weight is 894 g/mol. The number of unbranched alkanes of at least 4 members (excludes halogenated alkanes) is 2. The van der Waals surface area contributed by atoms with Gasteiger partial charge >= 0.3 is 5.97 Å². The average Bonchev–Trinajstić information content (AvgIpc) is 3.70. The van der Waals surface area contributed by atoms with Crippen LogP contribution in [-0.2, 0) is 61.5 Å². The molecule has 0 radical (unpaired) electrons. The summed E-state index contributed by atoms with van der Waals surface area (Å²) in [4.78, 5) is 42.3. The Kier molecular flexibility index (Phi) is 15.6. The molecule has 2 amide bonds. The number of aryl methyl sites for hydroxylation is 2. The van der Waals surface area contributed by atoms with E-state index < -0.39 is 70.0 Å². The zero-order valence-corrected chi connectivity index (χ0v) is 35.1. The summed E-state index contributed by atoms with van der Waals surface area (Å²) in [5.74, 6) is -3.06. The fourth-order valence-corrected chi connectivity index (χ4v) is 9.80. The van der Waals surface area contributed by atoms with E-state index in [4.69, 9.17) is 4.84 Å². The predicted octanol–water partition coefficient (Wildman–Crippen LogP) is 4.70. The predicted molar refractivity (Wildman–Crippen MR) is 217 cm³/mol. The summed E-state index contributed by atoms with van der Waals surface area (Å²) in [6.07, 6.45) is 10.5. The molecule has 3 aromatic rings. The number of amides is 2. The minimum absolute atomic E-state index is 0. The van der Waals surface area contributed by atoms with Gasteiger partial charge in [-0.05, 0) is 74.6 Å². The van der Waals surface area contributed by atoms with Gasteiger partial charge in [0.05, 0.1) is 25.1 Å². The molecule has 2 aliphatic rings. The number of thiazole rings is 1. The Labute approximate surface area is 349 Å². The van der Waals surface area contributed by atoms with Gasteiger partial charge in [0.15, 0.2) is 6.54 Å². The molecular weight excluding hydrogens is 847 g/mol. The molecular formula is C39H47N3O13S4-2. The third-order valence-corrected chi connectivity index (χ3v) is 13.4. The highest BCUT2D eigenvalue weighted by Gasteiger charge is 2.43. The molecule has 0 saturated carbocycles. The molecule has 0 aliphatic carbocycles. The maximum Gasteiger partial charge on any atom is 0.333 e. The SMILES string of the molecule is C.Cc1ccc2c(c1)sc(/C=C/C=C/C=C1\N(CCCS(=O)(=O)[O-])c3ccc(S(=O)(=O)[O-])cc3C1(C)CCCCCC(=O)ON1C(=O)CCC1=O)[n+]2CCCS(=O)(=O)[O-]. The van der Waals surface area contributed by atoms with E-state index in [-0.39, 0.29) is 46.1 Å². The van der Waals surface area contributed by atoms with E-state index in [1.807, 2.05) is 42.7 Å². The third kappa shape index (κ3) is 12.4. The van der Waals surface area contributed by atoms with Crippen molar-refractivity contribution in [2.45, 2.75) is 95.9 Å². The summed E-state index contributed by atoms with van der Waals surface area (Å²) in [7, 11) is -13.8. The monoisotopic (exact) mass is 893 g/mol. The molecule has 1 atom stereocenters. The summed E-state index contributed by atoms with van der Waals surface area (Å²) in [5.41, 5.74) is 2.64. The topological polar surface area (TPSA) is 242 Å². The fraction of sp³-hybridized carbons (Fsp3) is 0.436. The molecule has 16 nitrogen and oxygen atoms in total. The Morgan fingerprint density at radius 1 is 0.881 bits per heavy atom. The van der Waals surface area contributed by atoms with Crippen LogP contribution in [0.5, 0.6) is 0 Å². The van der Waals surface area contributed by atoms with Crippen LogP contribution in [0.2, 0.25) is 0 Å².